The van der Waals surface area contributed by atoms with Crippen LogP contribution in [0.2, 0.25) is 5.02 Å². The van der Waals surface area contributed by atoms with Crippen LogP contribution >= 0.6 is 11.6 Å². The maximum absolute atomic E-state index is 11.8. The fraction of sp³-hybridized carbons (Fsp3) is 0.417. The van der Waals surface area contributed by atoms with E-state index in [1.165, 1.54) is 18.2 Å². The lowest BCUT2D eigenvalue weighted by molar-refractivity contribution is -0.384. The highest BCUT2D eigenvalue weighted by Crippen LogP contribution is 2.20. The van der Waals surface area contributed by atoms with Gasteiger partial charge in [-0.05, 0) is 18.4 Å². The summed E-state index contributed by atoms with van der Waals surface area (Å²) in [4.78, 5) is 21.9. The van der Waals surface area contributed by atoms with E-state index < -0.39 is 10.8 Å². The molecule has 1 rings (SSSR count). The Labute approximate surface area is 115 Å². The molecule has 0 saturated carbocycles. The fourth-order valence-corrected chi connectivity index (χ4v) is 1.73. The van der Waals surface area contributed by atoms with Gasteiger partial charge in [0.15, 0.2) is 0 Å². The Morgan fingerprint density at radius 1 is 1.53 bits per heavy atom. The van der Waals surface area contributed by atoms with E-state index in [0.29, 0.717) is 13.0 Å². The number of aliphatic hydroxyl groups is 1. The van der Waals surface area contributed by atoms with Crippen molar-refractivity contribution in [1.29, 1.82) is 0 Å². The van der Waals surface area contributed by atoms with Gasteiger partial charge in [-0.25, -0.2) is 0 Å². The largest absolute Gasteiger partial charge is 0.396 e. The van der Waals surface area contributed by atoms with Crippen LogP contribution < -0.4 is 5.32 Å². The lowest BCUT2D eigenvalue weighted by Crippen LogP contribution is -2.28. The molecule has 104 valence electrons. The van der Waals surface area contributed by atoms with E-state index in [9.17, 15) is 14.9 Å². The van der Waals surface area contributed by atoms with E-state index >= 15 is 0 Å². The molecule has 0 aliphatic rings. The van der Waals surface area contributed by atoms with Crippen molar-refractivity contribution in [3.05, 3.63) is 38.9 Å². The van der Waals surface area contributed by atoms with E-state index in [2.05, 4.69) is 5.32 Å². The minimum absolute atomic E-state index is 0.0552. The van der Waals surface area contributed by atoms with Crippen LogP contribution in [0.1, 0.15) is 23.7 Å². The number of carbonyl (C=O) groups excluding carboxylic acids is 1. The summed E-state index contributed by atoms with van der Waals surface area (Å²) in [5.41, 5.74) is -0.0727. The molecule has 2 N–H and O–H groups in total. The average Bonchev–Trinajstić information content (AvgIpc) is 2.35. The van der Waals surface area contributed by atoms with E-state index in [0.717, 1.165) is 0 Å². The number of carbonyl (C=O) groups is 1. The maximum Gasteiger partial charge on any atom is 0.271 e. The Bertz CT molecular complexity index is 479. The summed E-state index contributed by atoms with van der Waals surface area (Å²) >= 11 is 5.73. The molecule has 7 heteroatoms. The third-order valence-corrected chi connectivity index (χ3v) is 2.81. The number of nitrogens with one attached hydrogen (secondary N) is 1. The quantitative estimate of drug-likeness (QED) is 0.618. The summed E-state index contributed by atoms with van der Waals surface area (Å²) in [7, 11) is 0. The Kier molecular flexibility index (Phi) is 5.72. The van der Waals surface area contributed by atoms with Gasteiger partial charge >= 0.3 is 0 Å². The predicted octanol–water partition coefficient (Wildman–Crippen LogP) is 2.00. The summed E-state index contributed by atoms with van der Waals surface area (Å²) in [5, 5.41) is 22.2. The smallest absolute Gasteiger partial charge is 0.271 e. The number of non-ortho nitro benzene ring substituents is 1. The molecular weight excluding hydrogens is 272 g/mol. The first-order chi connectivity index (χ1) is 8.93. The van der Waals surface area contributed by atoms with E-state index in [-0.39, 0.29) is 28.8 Å². The van der Waals surface area contributed by atoms with Gasteiger partial charge in [-0.3, -0.25) is 14.9 Å². The SMILES string of the molecule is CC(CCO)CNC(=O)c1cc(Cl)cc([N+](=O)[O-])c1. The van der Waals surface area contributed by atoms with Gasteiger partial charge in [-0.1, -0.05) is 18.5 Å². The molecule has 1 unspecified atom stereocenters. The predicted molar refractivity (Wildman–Crippen MR) is 71.3 cm³/mol. The zero-order valence-electron chi connectivity index (χ0n) is 10.4. The van der Waals surface area contributed by atoms with Crippen molar-refractivity contribution >= 4 is 23.2 Å². The molecule has 0 heterocycles. The van der Waals surface area contributed by atoms with Crippen LogP contribution in [0.25, 0.3) is 0 Å². The van der Waals surface area contributed by atoms with Gasteiger partial charge in [0.25, 0.3) is 11.6 Å². The molecule has 1 aromatic rings. The summed E-state index contributed by atoms with van der Waals surface area (Å²) < 4.78 is 0. The molecule has 1 aromatic carbocycles. The van der Waals surface area contributed by atoms with Gasteiger partial charge in [0.2, 0.25) is 0 Å². The number of rotatable bonds is 6. The summed E-state index contributed by atoms with van der Waals surface area (Å²) in [6.07, 6.45) is 0.579. The van der Waals surface area contributed by atoms with Crippen molar-refractivity contribution in [2.45, 2.75) is 13.3 Å². The molecule has 0 aliphatic carbocycles. The van der Waals surface area contributed by atoms with Gasteiger partial charge in [0, 0.05) is 35.9 Å². The minimum atomic E-state index is -0.600. The van der Waals surface area contributed by atoms with Crippen LogP contribution in [0.15, 0.2) is 18.2 Å². The molecule has 0 aliphatic heterocycles. The van der Waals surface area contributed by atoms with Crippen LogP contribution in [0.4, 0.5) is 5.69 Å². The molecule has 0 aromatic heterocycles. The van der Waals surface area contributed by atoms with Gasteiger partial charge < -0.3 is 10.4 Å². The number of hydrogen-bond acceptors (Lipinski definition) is 4. The highest BCUT2D eigenvalue weighted by molar-refractivity contribution is 6.31. The Morgan fingerprint density at radius 3 is 2.79 bits per heavy atom. The third kappa shape index (κ3) is 4.84. The van der Waals surface area contributed by atoms with Crippen molar-refractivity contribution in [3.8, 4) is 0 Å². The number of aliphatic hydroxyl groups excluding tert-OH is 1. The van der Waals surface area contributed by atoms with Crippen LogP contribution in [-0.2, 0) is 0 Å². The van der Waals surface area contributed by atoms with Crippen molar-refractivity contribution < 1.29 is 14.8 Å². The minimum Gasteiger partial charge on any atom is -0.396 e. The van der Waals surface area contributed by atoms with Crippen LogP contribution in [0.5, 0.6) is 0 Å². The molecule has 19 heavy (non-hydrogen) atoms. The Morgan fingerprint density at radius 2 is 2.21 bits per heavy atom. The van der Waals surface area contributed by atoms with Crippen LogP contribution in [-0.4, -0.2) is 29.1 Å². The summed E-state index contributed by atoms with van der Waals surface area (Å²) in [6, 6.07) is 3.74. The normalized spacial score (nSPS) is 11.9. The Balaban J connectivity index is 2.74. The second kappa shape index (κ2) is 7.06. The van der Waals surface area contributed by atoms with Gasteiger partial charge in [-0.15, -0.1) is 0 Å². The fourth-order valence-electron chi connectivity index (χ4n) is 1.50. The lowest BCUT2D eigenvalue weighted by Gasteiger charge is -2.11. The average molecular weight is 287 g/mol. The van der Waals surface area contributed by atoms with Crippen LogP contribution in [0, 0.1) is 16.0 Å². The lowest BCUT2D eigenvalue weighted by atomic mass is 10.1. The first-order valence-electron chi connectivity index (χ1n) is 5.78. The molecular formula is C12H15ClN2O4. The van der Waals surface area contributed by atoms with E-state index in [4.69, 9.17) is 16.7 Å². The number of nitrogens with zero attached hydrogens (tertiary/aromatic N) is 1. The summed E-state index contributed by atoms with van der Waals surface area (Å²) in [5.74, 6) is -0.293. The van der Waals surface area contributed by atoms with Gasteiger partial charge in [-0.2, -0.15) is 0 Å². The number of benzene rings is 1. The number of nitro groups is 1. The first-order valence-corrected chi connectivity index (χ1v) is 6.16. The maximum atomic E-state index is 11.8. The molecule has 1 atom stereocenters. The second-order valence-corrected chi connectivity index (χ2v) is 4.72. The van der Waals surface area contributed by atoms with Crippen molar-refractivity contribution in [1.82, 2.24) is 5.32 Å². The standard InChI is InChI=1S/C12H15ClN2O4/c1-8(2-3-16)7-14-12(17)9-4-10(13)6-11(5-9)15(18)19/h4-6,8,16H,2-3,7H2,1H3,(H,14,17). The first kappa shape index (κ1) is 15.4. The van der Waals surface area contributed by atoms with Crippen molar-refractivity contribution in [2.75, 3.05) is 13.2 Å². The molecule has 0 fully saturated rings. The van der Waals surface area contributed by atoms with Crippen molar-refractivity contribution in [2.24, 2.45) is 5.92 Å². The molecule has 0 radical (unpaired) electrons. The van der Waals surface area contributed by atoms with Gasteiger partial charge in [0.1, 0.15) is 0 Å². The number of amides is 1. The highest BCUT2D eigenvalue weighted by Gasteiger charge is 2.14. The van der Waals surface area contributed by atoms with Gasteiger partial charge in [0.05, 0.1) is 4.92 Å². The molecule has 0 bridgehead atoms. The van der Waals surface area contributed by atoms with E-state index in [1.807, 2.05) is 6.92 Å². The van der Waals surface area contributed by atoms with Crippen LogP contribution in [0.3, 0.4) is 0 Å². The Hall–Kier alpha value is -1.66. The number of hydrogen-bond donors (Lipinski definition) is 2. The topological polar surface area (TPSA) is 92.5 Å². The molecule has 6 nitrogen and oxygen atoms in total. The van der Waals surface area contributed by atoms with E-state index in [1.54, 1.807) is 0 Å². The third-order valence-electron chi connectivity index (χ3n) is 2.59. The monoisotopic (exact) mass is 286 g/mol. The van der Waals surface area contributed by atoms with Crippen molar-refractivity contribution in [3.63, 3.8) is 0 Å². The zero-order chi connectivity index (χ0) is 14.4. The zero-order valence-corrected chi connectivity index (χ0v) is 11.2. The molecule has 1 amide bonds. The summed E-state index contributed by atoms with van der Waals surface area (Å²) in [6.45, 7) is 2.33. The second-order valence-electron chi connectivity index (χ2n) is 4.28. The molecule has 0 spiro atoms. The highest BCUT2D eigenvalue weighted by atomic mass is 35.5. The number of nitro benzene ring substituents is 1. The number of halogens is 1. The molecule has 0 saturated heterocycles.